The maximum absolute atomic E-state index is 9.16. The van der Waals surface area contributed by atoms with Gasteiger partial charge in [-0.2, -0.15) is 10.5 Å². The SMILES string of the molecule is CN(Cc1nccn1C)c1sc(C#N)c(N)c1C#N. The lowest BCUT2D eigenvalue weighted by atomic mass is 10.2. The van der Waals surface area contributed by atoms with Crippen molar-refractivity contribution in [3.05, 3.63) is 28.7 Å². The molecule has 0 aliphatic rings. The van der Waals surface area contributed by atoms with Gasteiger partial charge in [-0.1, -0.05) is 0 Å². The Labute approximate surface area is 114 Å². The monoisotopic (exact) mass is 272 g/mol. The number of thiophene rings is 1. The van der Waals surface area contributed by atoms with E-state index in [0.717, 1.165) is 5.82 Å². The summed E-state index contributed by atoms with van der Waals surface area (Å²) in [5.41, 5.74) is 6.40. The smallest absolute Gasteiger partial charge is 0.131 e. The number of nitrogens with zero attached hydrogens (tertiary/aromatic N) is 5. The summed E-state index contributed by atoms with van der Waals surface area (Å²) < 4.78 is 1.91. The molecule has 0 amide bonds. The van der Waals surface area contributed by atoms with Crippen LogP contribution in [-0.4, -0.2) is 16.6 Å². The van der Waals surface area contributed by atoms with Gasteiger partial charge in [-0.05, 0) is 0 Å². The van der Waals surface area contributed by atoms with Crippen LogP contribution < -0.4 is 10.6 Å². The number of imidazole rings is 1. The van der Waals surface area contributed by atoms with Crippen molar-refractivity contribution in [3.8, 4) is 12.1 Å². The Morgan fingerprint density at radius 1 is 1.47 bits per heavy atom. The molecule has 0 bridgehead atoms. The standard InChI is InChI=1S/C12H12N6S/c1-17-4-3-16-10(17)7-18(2)12-8(5-13)11(15)9(6-14)19-12/h3-4H,7,15H2,1-2H3. The normalized spacial score (nSPS) is 9.89. The van der Waals surface area contributed by atoms with Crippen molar-refractivity contribution in [2.75, 3.05) is 17.7 Å². The predicted octanol–water partition coefficient (Wildman–Crippen LogP) is 1.44. The highest BCUT2D eigenvalue weighted by molar-refractivity contribution is 7.17. The summed E-state index contributed by atoms with van der Waals surface area (Å²) in [6.07, 6.45) is 3.58. The molecule has 0 unspecified atom stereocenters. The summed E-state index contributed by atoms with van der Waals surface area (Å²) in [7, 11) is 3.76. The second kappa shape index (κ2) is 5.01. The molecule has 0 saturated heterocycles. The van der Waals surface area contributed by atoms with Crippen LogP contribution in [0.2, 0.25) is 0 Å². The van der Waals surface area contributed by atoms with E-state index in [1.807, 2.05) is 35.8 Å². The number of hydrogen-bond acceptors (Lipinski definition) is 6. The maximum Gasteiger partial charge on any atom is 0.131 e. The number of hydrogen-bond donors (Lipinski definition) is 1. The Balaban J connectivity index is 2.35. The summed E-state index contributed by atoms with van der Waals surface area (Å²) in [4.78, 5) is 6.48. The lowest BCUT2D eigenvalue weighted by Crippen LogP contribution is -2.18. The van der Waals surface area contributed by atoms with Gasteiger partial charge in [0.15, 0.2) is 0 Å². The van der Waals surface area contributed by atoms with Gasteiger partial charge in [-0.15, -0.1) is 11.3 Å². The van der Waals surface area contributed by atoms with E-state index in [9.17, 15) is 0 Å². The van der Waals surface area contributed by atoms with Crippen molar-refractivity contribution in [2.45, 2.75) is 6.54 Å². The van der Waals surface area contributed by atoms with Gasteiger partial charge in [0.25, 0.3) is 0 Å². The fourth-order valence-electron chi connectivity index (χ4n) is 1.72. The minimum atomic E-state index is 0.261. The average molecular weight is 272 g/mol. The number of aromatic nitrogens is 2. The summed E-state index contributed by atoms with van der Waals surface area (Å²) in [6.45, 7) is 0.545. The first-order valence-electron chi connectivity index (χ1n) is 5.48. The molecule has 2 rings (SSSR count). The lowest BCUT2D eigenvalue weighted by Gasteiger charge is -2.17. The first-order valence-corrected chi connectivity index (χ1v) is 6.30. The second-order valence-electron chi connectivity index (χ2n) is 4.06. The van der Waals surface area contributed by atoms with E-state index in [-0.39, 0.29) is 5.69 Å². The highest BCUT2D eigenvalue weighted by Gasteiger charge is 2.19. The van der Waals surface area contributed by atoms with E-state index in [1.165, 1.54) is 11.3 Å². The van der Waals surface area contributed by atoms with Gasteiger partial charge < -0.3 is 15.2 Å². The van der Waals surface area contributed by atoms with Crippen LogP contribution in [-0.2, 0) is 13.6 Å². The van der Waals surface area contributed by atoms with Gasteiger partial charge in [-0.3, -0.25) is 0 Å². The molecule has 2 N–H and O–H groups in total. The van der Waals surface area contributed by atoms with Crippen molar-refractivity contribution in [2.24, 2.45) is 7.05 Å². The molecule has 2 heterocycles. The van der Waals surface area contributed by atoms with Gasteiger partial charge in [-0.25, -0.2) is 4.98 Å². The molecule has 0 aromatic carbocycles. The van der Waals surface area contributed by atoms with E-state index in [2.05, 4.69) is 11.1 Å². The van der Waals surface area contributed by atoms with Crippen LogP contribution in [0, 0.1) is 22.7 Å². The van der Waals surface area contributed by atoms with Crippen LogP contribution in [0.15, 0.2) is 12.4 Å². The summed E-state index contributed by atoms with van der Waals surface area (Å²) in [6, 6.07) is 4.07. The highest BCUT2D eigenvalue weighted by Crippen LogP contribution is 2.37. The van der Waals surface area contributed by atoms with E-state index in [4.69, 9.17) is 16.3 Å². The summed E-state index contributed by atoms with van der Waals surface area (Å²) in [5, 5.41) is 18.8. The fourth-order valence-corrected chi connectivity index (χ4v) is 2.65. The molecule has 0 saturated carbocycles. The maximum atomic E-state index is 9.16. The van der Waals surface area contributed by atoms with Gasteiger partial charge in [0.1, 0.15) is 33.4 Å². The number of anilines is 2. The zero-order valence-corrected chi connectivity index (χ0v) is 11.4. The van der Waals surface area contributed by atoms with Crippen LogP contribution in [0.4, 0.5) is 10.7 Å². The van der Waals surface area contributed by atoms with Gasteiger partial charge in [0, 0.05) is 26.5 Å². The molecular weight excluding hydrogens is 260 g/mol. The fraction of sp³-hybridized carbons (Fsp3) is 0.250. The van der Waals surface area contributed by atoms with Crippen LogP contribution >= 0.6 is 11.3 Å². The Kier molecular flexibility index (Phi) is 3.41. The molecule has 2 aromatic heterocycles. The van der Waals surface area contributed by atoms with Crippen LogP contribution in [0.1, 0.15) is 16.3 Å². The quantitative estimate of drug-likeness (QED) is 0.912. The highest BCUT2D eigenvalue weighted by atomic mass is 32.1. The van der Waals surface area contributed by atoms with Crippen LogP contribution in [0.25, 0.3) is 0 Å². The van der Waals surface area contributed by atoms with E-state index < -0.39 is 0 Å². The van der Waals surface area contributed by atoms with Crippen molar-refractivity contribution in [3.63, 3.8) is 0 Å². The predicted molar refractivity (Wildman–Crippen MR) is 73.5 cm³/mol. The van der Waals surface area contributed by atoms with E-state index in [1.54, 1.807) is 6.20 Å². The zero-order valence-electron chi connectivity index (χ0n) is 10.6. The second-order valence-corrected chi connectivity index (χ2v) is 5.06. The van der Waals surface area contributed by atoms with Crippen LogP contribution in [0.3, 0.4) is 0 Å². The zero-order chi connectivity index (χ0) is 14.0. The molecule has 2 aromatic rings. The molecule has 0 spiro atoms. The number of nitrogen functional groups attached to an aromatic ring is 1. The molecule has 96 valence electrons. The van der Waals surface area contributed by atoms with Gasteiger partial charge in [0.05, 0.1) is 12.2 Å². The Morgan fingerprint density at radius 2 is 2.21 bits per heavy atom. The average Bonchev–Trinajstić information content (AvgIpc) is 2.93. The van der Waals surface area contributed by atoms with Crippen molar-refractivity contribution in [1.29, 1.82) is 10.5 Å². The lowest BCUT2D eigenvalue weighted by molar-refractivity contribution is 0.764. The van der Waals surface area contributed by atoms with Crippen molar-refractivity contribution < 1.29 is 0 Å². The summed E-state index contributed by atoms with van der Waals surface area (Å²) in [5.74, 6) is 0.872. The number of aryl methyl sites for hydroxylation is 1. The first kappa shape index (κ1) is 12.9. The molecule has 6 nitrogen and oxygen atoms in total. The van der Waals surface area contributed by atoms with Gasteiger partial charge >= 0.3 is 0 Å². The molecule has 7 heteroatoms. The molecular formula is C12H12N6S. The minimum Gasteiger partial charge on any atom is -0.396 e. The molecule has 0 radical (unpaired) electrons. The van der Waals surface area contributed by atoms with Crippen molar-refractivity contribution >= 4 is 22.0 Å². The Hall–Kier alpha value is -2.51. The molecule has 19 heavy (non-hydrogen) atoms. The molecule has 0 aliphatic carbocycles. The number of nitrogens with two attached hydrogens (primary N) is 1. The van der Waals surface area contributed by atoms with Crippen molar-refractivity contribution in [1.82, 2.24) is 9.55 Å². The third-order valence-corrected chi connectivity index (χ3v) is 4.01. The first-order chi connectivity index (χ1) is 9.08. The van der Waals surface area contributed by atoms with E-state index in [0.29, 0.717) is 22.0 Å². The third kappa shape index (κ3) is 2.24. The van der Waals surface area contributed by atoms with Crippen LogP contribution in [0.5, 0.6) is 0 Å². The largest absolute Gasteiger partial charge is 0.396 e. The Morgan fingerprint density at radius 3 is 2.74 bits per heavy atom. The Bertz CT molecular complexity index is 684. The molecule has 0 atom stereocenters. The number of rotatable bonds is 3. The van der Waals surface area contributed by atoms with E-state index >= 15 is 0 Å². The molecule has 0 fully saturated rings. The summed E-state index contributed by atoms with van der Waals surface area (Å²) >= 11 is 1.23. The number of nitriles is 2. The van der Waals surface area contributed by atoms with Gasteiger partial charge in [0.2, 0.25) is 0 Å². The molecule has 0 aliphatic heterocycles. The minimum absolute atomic E-state index is 0.261. The topological polar surface area (TPSA) is 94.7 Å². The third-order valence-electron chi connectivity index (χ3n) is 2.79.